The number of aliphatic hydroxyl groups excluding tert-OH is 1. The molecule has 3 fully saturated rings. The van der Waals surface area contributed by atoms with Gasteiger partial charge in [-0.05, 0) is 107 Å². The molecule has 0 heterocycles. The van der Waals surface area contributed by atoms with Crippen LogP contribution in [-0.2, 0) is 4.84 Å². The number of carbonyl (C=O) groups is 1. The van der Waals surface area contributed by atoms with Crippen molar-refractivity contribution in [2.75, 3.05) is 27.2 Å². The zero-order chi connectivity index (χ0) is 23.8. The number of oxime groups is 1. The van der Waals surface area contributed by atoms with E-state index in [-0.39, 0.29) is 23.0 Å². The quantitative estimate of drug-likeness (QED) is 0.193. The van der Waals surface area contributed by atoms with E-state index in [1.165, 1.54) is 31.3 Å². The molecule has 0 aliphatic heterocycles. The van der Waals surface area contributed by atoms with Crippen LogP contribution in [0.2, 0.25) is 0 Å². The maximum absolute atomic E-state index is 12.4. The van der Waals surface area contributed by atoms with Crippen LogP contribution in [-0.4, -0.2) is 55.1 Å². The first-order valence-electron chi connectivity index (χ1n) is 13.2. The lowest BCUT2D eigenvalue weighted by Gasteiger charge is -2.58. The van der Waals surface area contributed by atoms with Gasteiger partial charge in [0.2, 0.25) is 0 Å². The van der Waals surface area contributed by atoms with E-state index < -0.39 is 0 Å². The highest BCUT2D eigenvalue weighted by Crippen LogP contribution is 2.66. The summed E-state index contributed by atoms with van der Waals surface area (Å²) in [6, 6.07) is 0. The molecule has 0 bridgehead atoms. The summed E-state index contributed by atoms with van der Waals surface area (Å²) in [6.45, 7) is 8.56. The van der Waals surface area contributed by atoms with Crippen LogP contribution >= 0.6 is 0 Å². The van der Waals surface area contributed by atoms with Crippen molar-refractivity contribution in [3.8, 4) is 0 Å². The maximum atomic E-state index is 12.4. The van der Waals surface area contributed by atoms with Crippen molar-refractivity contribution < 1.29 is 14.7 Å². The van der Waals surface area contributed by atoms with E-state index in [9.17, 15) is 9.90 Å². The Morgan fingerprint density at radius 1 is 1.21 bits per heavy atom. The first-order valence-corrected chi connectivity index (χ1v) is 13.2. The smallest absolute Gasteiger partial charge is 0.389 e. The van der Waals surface area contributed by atoms with Crippen molar-refractivity contribution >= 4 is 11.8 Å². The van der Waals surface area contributed by atoms with E-state index in [0.717, 1.165) is 62.1 Å². The first-order chi connectivity index (χ1) is 15.7. The average molecular weight is 460 g/mol. The molecule has 6 heteroatoms. The summed E-state index contributed by atoms with van der Waals surface area (Å²) in [6.07, 6.45) is 11.8. The number of hydrogen-bond donors (Lipinski definition) is 2. The number of amides is 1. The molecule has 33 heavy (non-hydrogen) atoms. The standard InChI is InChI=1S/C27H45N3O3/c1-18(29-33-25(32)30(5)16-6-15-28-4)22-9-10-23-21-8-7-19-17-20(31)11-13-26(19,2)24(21)12-14-27(22,23)3/h17,20-24,28,31H,6-16H2,1-5H3/b29-18+/t20-,21+,22-,23+,24+,26+,27-/m1/s1. The lowest BCUT2D eigenvalue weighted by atomic mass is 9.46. The van der Waals surface area contributed by atoms with Crippen molar-refractivity contribution in [1.29, 1.82) is 0 Å². The van der Waals surface area contributed by atoms with Gasteiger partial charge in [-0.2, -0.15) is 0 Å². The minimum atomic E-state index is -0.368. The fourth-order valence-corrected chi connectivity index (χ4v) is 8.22. The number of aliphatic hydroxyl groups is 1. The van der Waals surface area contributed by atoms with Gasteiger partial charge in [-0.3, -0.25) is 4.84 Å². The average Bonchev–Trinajstić information content (AvgIpc) is 3.15. The summed E-state index contributed by atoms with van der Waals surface area (Å²) < 4.78 is 0. The lowest BCUT2D eigenvalue weighted by molar-refractivity contribution is -0.0479. The molecule has 4 rings (SSSR count). The normalized spacial score (nSPS) is 40.4. The van der Waals surface area contributed by atoms with E-state index in [4.69, 9.17) is 4.84 Å². The number of fused-ring (bicyclic) bond motifs is 5. The molecule has 0 saturated heterocycles. The zero-order valence-corrected chi connectivity index (χ0v) is 21.4. The number of rotatable bonds is 6. The van der Waals surface area contributed by atoms with Crippen LogP contribution < -0.4 is 5.32 Å². The Bertz CT molecular complexity index is 795. The molecule has 0 radical (unpaired) electrons. The van der Waals surface area contributed by atoms with Crippen LogP contribution in [0, 0.1) is 34.5 Å². The Balaban J connectivity index is 1.43. The van der Waals surface area contributed by atoms with Gasteiger partial charge in [-0.25, -0.2) is 4.79 Å². The van der Waals surface area contributed by atoms with E-state index in [1.54, 1.807) is 11.9 Å². The molecule has 0 unspecified atom stereocenters. The fraction of sp³-hybridized carbons (Fsp3) is 0.852. The summed E-state index contributed by atoms with van der Waals surface area (Å²) >= 11 is 0. The Labute approximate surface area is 200 Å². The second kappa shape index (κ2) is 9.69. The summed E-state index contributed by atoms with van der Waals surface area (Å²) in [4.78, 5) is 19.3. The van der Waals surface area contributed by atoms with Crippen molar-refractivity contribution in [2.24, 2.45) is 39.7 Å². The lowest BCUT2D eigenvalue weighted by Crippen LogP contribution is -2.51. The van der Waals surface area contributed by atoms with Crippen molar-refractivity contribution in [2.45, 2.75) is 84.7 Å². The van der Waals surface area contributed by atoms with Gasteiger partial charge in [-0.1, -0.05) is 30.7 Å². The fourth-order valence-electron chi connectivity index (χ4n) is 8.22. The van der Waals surface area contributed by atoms with Crippen LogP contribution in [0.1, 0.15) is 78.6 Å². The molecule has 186 valence electrons. The number of nitrogens with one attached hydrogen (secondary N) is 1. The molecule has 2 N–H and O–H groups in total. The Morgan fingerprint density at radius 3 is 2.76 bits per heavy atom. The second-order valence-electron chi connectivity index (χ2n) is 11.8. The highest BCUT2D eigenvalue weighted by Gasteiger charge is 2.59. The predicted octanol–water partition coefficient (Wildman–Crippen LogP) is 4.98. The molecule has 4 aliphatic carbocycles. The van der Waals surface area contributed by atoms with Crippen LogP contribution in [0.25, 0.3) is 0 Å². The highest BCUT2D eigenvalue weighted by molar-refractivity contribution is 5.85. The van der Waals surface area contributed by atoms with Crippen molar-refractivity contribution in [3.05, 3.63) is 11.6 Å². The monoisotopic (exact) mass is 459 g/mol. The van der Waals surface area contributed by atoms with Crippen LogP contribution in [0.5, 0.6) is 0 Å². The van der Waals surface area contributed by atoms with Crippen molar-refractivity contribution in [1.82, 2.24) is 10.2 Å². The molecule has 4 aliphatic rings. The molecule has 0 aromatic rings. The van der Waals surface area contributed by atoms with Crippen molar-refractivity contribution in [3.63, 3.8) is 0 Å². The molecule has 6 nitrogen and oxygen atoms in total. The molecule has 3 saturated carbocycles. The zero-order valence-electron chi connectivity index (χ0n) is 21.4. The van der Waals surface area contributed by atoms with Crippen LogP contribution in [0.3, 0.4) is 0 Å². The van der Waals surface area contributed by atoms with Gasteiger partial charge < -0.3 is 15.3 Å². The van der Waals surface area contributed by atoms with Gasteiger partial charge in [0.15, 0.2) is 0 Å². The maximum Gasteiger partial charge on any atom is 0.435 e. The largest absolute Gasteiger partial charge is 0.435 e. The number of hydrogen-bond acceptors (Lipinski definition) is 5. The van der Waals surface area contributed by atoms with E-state index in [1.807, 2.05) is 7.05 Å². The number of carbonyl (C=O) groups excluding carboxylic acids is 1. The summed E-state index contributed by atoms with van der Waals surface area (Å²) in [5.41, 5.74) is 3.03. The van der Waals surface area contributed by atoms with Crippen LogP contribution in [0.4, 0.5) is 4.79 Å². The molecule has 0 aromatic carbocycles. The third-order valence-corrected chi connectivity index (χ3v) is 10.1. The van der Waals surface area contributed by atoms with Gasteiger partial charge in [-0.15, -0.1) is 0 Å². The SMILES string of the molecule is CNCCCN(C)C(=O)O/N=C(\C)[C@H]1CC[C@H]2[C@@H]3CCC4=C[C@H](O)CC[C@]4(C)[C@H]3CC[C@]12C. The summed E-state index contributed by atoms with van der Waals surface area (Å²) in [7, 11) is 3.69. The van der Waals surface area contributed by atoms with Gasteiger partial charge in [0, 0.05) is 19.5 Å². The van der Waals surface area contributed by atoms with Gasteiger partial charge in [0.25, 0.3) is 0 Å². The molecule has 0 aromatic heterocycles. The van der Waals surface area contributed by atoms with Gasteiger partial charge in [0.1, 0.15) is 0 Å². The highest BCUT2D eigenvalue weighted by atomic mass is 16.7. The molecular formula is C27H45N3O3. The minimum Gasteiger partial charge on any atom is -0.389 e. The Kier molecular flexibility index (Phi) is 7.26. The molecule has 7 atom stereocenters. The molecule has 1 amide bonds. The minimum absolute atomic E-state index is 0.238. The topological polar surface area (TPSA) is 74.2 Å². The Hall–Kier alpha value is -1.40. The van der Waals surface area contributed by atoms with E-state index in [0.29, 0.717) is 12.5 Å². The number of nitrogens with zero attached hydrogens (tertiary/aromatic N) is 2. The Morgan fingerprint density at radius 2 is 2.00 bits per heavy atom. The first kappa shape index (κ1) is 24.7. The van der Waals surface area contributed by atoms with Gasteiger partial charge >= 0.3 is 6.09 Å². The third kappa shape index (κ3) is 4.50. The van der Waals surface area contributed by atoms with Crippen LogP contribution in [0.15, 0.2) is 16.8 Å². The van der Waals surface area contributed by atoms with E-state index >= 15 is 0 Å². The molecule has 0 spiro atoms. The number of allylic oxidation sites excluding steroid dienone is 1. The van der Waals surface area contributed by atoms with Gasteiger partial charge in [0.05, 0.1) is 11.8 Å². The van der Waals surface area contributed by atoms with E-state index in [2.05, 4.69) is 37.3 Å². The second-order valence-corrected chi connectivity index (χ2v) is 11.8. The molecular weight excluding hydrogens is 414 g/mol. The summed E-state index contributed by atoms with van der Waals surface area (Å²) in [5.74, 6) is 2.61. The third-order valence-electron chi connectivity index (χ3n) is 10.1. The summed E-state index contributed by atoms with van der Waals surface area (Å²) in [5, 5.41) is 17.6. The predicted molar refractivity (Wildman–Crippen MR) is 132 cm³/mol.